The molecule has 0 bridgehead atoms. The molecular formula is C20H27NO4S. The van der Waals surface area contributed by atoms with E-state index in [4.69, 9.17) is 9.47 Å². The topological polar surface area (TPSA) is 59.0 Å². The molecule has 1 N–H and O–H groups in total. The number of amides is 1. The van der Waals surface area contributed by atoms with Crippen molar-refractivity contribution in [1.82, 2.24) is 4.90 Å². The maximum atomic E-state index is 12.4. The van der Waals surface area contributed by atoms with Gasteiger partial charge in [0.25, 0.3) is 0 Å². The SMILES string of the molecule is COc1ccc2cc([C@]3(O)CCN(C(=O)OC(C)(C)C)[C@@H](C)C3)sc2c1. The van der Waals surface area contributed by atoms with Crippen molar-refractivity contribution in [3.63, 3.8) is 0 Å². The predicted molar refractivity (Wildman–Crippen MR) is 104 cm³/mol. The number of piperidine rings is 1. The van der Waals surface area contributed by atoms with E-state index in [2.05, 4.69) is 6.07 Å². The van der Waals surface area contributed by atoms with Gasteiger partial charge in [-0.25, -0.2) is 4.79 Å². The van der Waals surface area contributed by atoms with Crippen LogP contribution in [-0.2, 0) is 10.3 Å². The first-order chi connectivity index (χ1) is 12.1. The van der Waals surface area contributed by atoms with Crippen LogP contribution in [0.15, 0.2) is 24.3 Å². The summed E-state index contributed by atoms with van der Waals surface area (Å²) < 4.78 is 11.9. The van der Waals surface area contributed by atoms with Crippen LogP contribution in [0.25, 0.3) is 10.1 Å². The number of likely N-dealkylation sites (tertiary alicyclic amines) is 1. The molecule has 0 radical (unpaired) electrons. The van der Waals surface area contributed by atoms with Gasteiger partial charge in [-0.2, -0.15) is 0 Å². The molecule has 0 aliphatic carbocycles. The number of aliphatic hydroxyl groups is 1. The molecule has 26 heavy (non-hydrogen) atoms. The first-order valence-electron chi connectivity index (χ1n) is 8.91. The molecule has 1 aromatic carbocycles. The Bertz CT molecular complexity index is 810. The second kappa shape index (κ2) is 6.74. The number of carbonyl (C=O) groups is 1. The third-order valence-corrected chi connectivity index (χ3v) is 6.04. The lowest BCUT2D eigenvalue weighted by atomic mass is 9.85. The van der Waals surface area contributed by atoms with Gasteiger partial charge in [0, 0.05) is 28.6 Å². The summed E-state index contributed by atoms with van der Waals surface area (Å²) >= 11 is 1.59. The molecule has 3 rings (SSSR count). The molecule has 2 aromatic rings. The number of ether oxygens (including phenoxy) is 2. The van der Waals surface area contributed by atoms with Crippen LogP contribution in [0.5, 0.6) is 5.75 Å². The number of methoxy groups -OCH3 is 1. The Morgan fingerprint density at radius 3 is 2.69 bits per heavy atom. The van der Waals surface area contributed by atoms with Gasteiger partial charge in [0.15, 0.2) is 0 Å². The summed E-state index contributed by atoms with van der Waals surface area (Å²) in [5, 5.41) is 12.4. The van der Waals surface area contributed by atoms with E-state index >= 15 is 0 Å². The number of hydrogen-bond acceptors (Lipinski definition) is 5. The van der Waals surface area contributed by atoms with E-state index in [-0.39, 0.29) is 12.1 Å². The van der Waals surface area contributed by atoms with Crippen molar-refractivity contribution < 1.29 is 19.4 Å². The van der Waals surface area contributed by atoms with E-state index in [1.807, 2.05) is 45.9 Å². The highest BCUT2D eigenvalue weighted by atomic mass is 32.1. The zero-order chi connectivity index (χ0) is 19.1. The van der Waals surface area contributed by atoms with Gasteiger partial charge in [0.1, 0.15) is 17.0 Å². The second-order valence-corrected chi connectivity index (χ2v) is 9.11. The number of carbonyl (C=O) groups excluding carboxylic acids is 1. The fourth-order valence-electron chi connectivity index (χ4n) is 3.41. The highest BCUT2D eigenvalue weighted by Crippen LogP contribution is 2.42. The first kappa shape index (κ1) is 19.0. The summed E-state index contributed by atoms with van der Waals surface area (Å²) in [6.45, 7) is 8.03. The molecule has 0 saturated carbocycles. The lowest BCUT2D eigenvalue weighted by molar-refractivity contribution is -0.0525. The largest absolute Gasteiger partial charge is 0.497 e. The Morgan fingerprint density at radius 2 is 2.08 bits per heavy atom. The van der Waals surface area contributed by atoms with Gasteiger partial charge in [-0.1, -0.05) is 0 Å². The Labute approximate surface area is 158 Å². The minimum absolute atomic E-state index is 0.0941. The Morgan fingerprint density at radius 1 is 1.35 bits per heavy atom. The van der Waals surface area contributed by atoms with E-state index in [1.54, 1.807) is 23.3 Å². The standard InChI is InChI=1S/C20H27NO4S/c1-13-12-20(23,8-9-21(13)18(22)25-19(2,3)4)17-10-14-6-7-15(24-5)11-16(14)26-17/h6-7,10-11,13,23H,8-9,12H2,1-5H3/t13-,20-/m0/s1. The summed E-state index contributed by atoms with van der Waals surface area (Å²) in [5.74, 6) is 0.811. The molecule has 1 aliphatic rings. The molecule has 142 valence electrons. The van der Waals surface area contributed by atoms with E-state index in [0.29, 0.717) is 19.4 Å². The molecular weight excluding hydrogens is 350 g/mol. The first-order valence-corrected chi connectivity index (χ1v) is 9.73. The normalized spacial score (nSPS) is 23.9. The molecule has 1 fully saturated rings. The van der Waals surface area contributed by atoms with Crippen LogP contribution < -0.4 is 4.74 Å². The molecule has 0 spiro atoms. The van der Waals surface area contributed by atoms with E-state index in [9.17, 15) is 9.90 Å². The number of benzene rings is 1. The molecule has 5 nitrogen and oxygen atoms in total. The number of fused-ring (bicyclic) bond motifs is 1. The molecule has 1 aromatic heterocycles. The van der Waals surface area contributed by atoms with Crippen LogP contribution in [0, 0.1) is 0 Å². The Balaban J connectivity index is 1.79. The fraction of sp³-hybridized carbons (Fsp3) is 0.550. The van der Waals surface area contributed by atoms with Gasteiger partial charge in [-0.3, -0.25) is 0 Å². The smallest absolute Gasteiger partial charge is 0.410 e. The van der Waals surface area contributed by atoms with Gasteiger partial charge in [0.05, 0.1) is 7.11 Å². The summed E-state index contributed by atoms with van der Waals surface area (Å²) in [4.78, 5) is 15.1. The monoisotopic (exact) mass is 377 g/mol. The molecule has 1 amide bonds. The lowest BCUT2D eigenvalue weighted by Gasteiger charge is -2.42. The van der Waals surface area contributed by atoms with Gasteiger partial charge >= 0.3 is 6.09 Å². The maximum absolute atomic E-state index is 12.4. The summed E-state index contributed by atoms with van der Waals surface area (Å²) in [5.41, 5.74) is -1.44. The summed E-state index contributed by atoms with van der Waals surface area (Å²) in [7, 11) is 1.65. The van der Waals surface area contributed by atoms with Crippen LogP contribution in [0.3, 0.4) is 0 Å². The summed E-state index contributed by atoms with van der Waals surface area (Å²) in [6.07, 6.45) is 0.685. The average molecular weight is 378 g/mol. The molecule has 1 aliphatic heterocycles. The van der Waals surface area contributed by atoms with Crippen molar-refractivity contribution in [3.05, 3.63) is 29.1 Å². The Hall–Kier alpha value is -1.79. The number of rotatable bonds is 2. The molecule has 2 atom stereocenters. The molecule has 2 heterocycles. The Kier molecular flexibility index (Phi) is 4.92. The van der Waals surface area contributed by atoms with Gasteiger partial charge < -0.3 is 19.5 Å². The van der Waals surface area contributed by atoms with Crippen LogP contribution >= 0.6 is 11.3 Å². The van der Waals surface area contributed by atoms with Crippen molar-refractivity contribution in [2.24, 2.45) is 0 Å². The second-order valence-electron chi connectivity index (χ2n) is 8.02. The zero-order valence-corrected chi connectivity index (χ0v) is 16.9. The average Bonchev–Trinajstić information content (AvgIpc) is 2.96. The highest BCUT2D eigenvalue weighted by Gasteiger charge is 2.41. The van der Waals surface area contributed by atoms with Gasteiger partial charge in [0.2, 0.25) is 0 Å². The predicted octanol–water partition coefficient (Wildman–Crippen LogP) is 4.52. The van der Waals surface area contributed by atoms with Crippen LogP contribution in [-0.4, -0.2) is 41.4 Å². The summed E-state index contributed by atoms with van der Waals surface area (Å²) in [6, 6.07) is 7.89. The quantitative estimate of drug-likeness (QED) is 0.836. The molecule has 0 unspecified atom stereocenters. The van der Waals surface area contributed by atoms with Gasteiger partial charge in [-0.15, -0.1) is 11.3 Å². The van der Waals surface area contributed by atoms with Crippen LogP contribution in [0.2, 0.25) is 0 Å². The molecule has 1 saturated heterocycles. The van der Waals surface area contributed by atoms with Crippen molar-refractivity contribution in [2.75, 3.05) is 13.7 Å². The minimum Gasteiger partial charge on any atom is -0.497 e. The van der Waals surface area contributed by atoms with Crippen molar-refractivity contribution in [3.8, 4) is 5.75 Å². The van der Waals surface area contributed by atoms with Crippen molar-refractivity contribution in [1.29, 1.82) is 0 Å². The third-order valence-electron chi connectivity index (χ3n) is 4.75. The minimum atomic E-state index is -0.922. The van der Waals surface area contributed by atoms with E-state index < -0.39 is 11.2 Å². The fourth-order valence-corrected chi connectivity index (χ4v) is 4.63. The van der Waals surface area contributed by atoms with Crippen molar-refractivity contribution >= 4 is 27.5 Å². The number of nitrogens with zero attached hydrogens (tertiary/aromatic N) is 1. The highest BCUT2D eigenvalue weighted by molar-refractivity contribution is 7.19. The van der Waals surface area contributed by atoms with Gasteiger partial charge in [-0.05, 0) is 63.8 Å². The van der Waals surface area contributed by atoms with E-state index in [0.717, 1.165) is 20.7 Å². The maximum Gasteiger partial charge on any atom is 0.410 e. The number of thiophene rings is 1. The lowest BCUT2D eigenvalue weighted by Crippen LogP contribution is -2.51. The molecule has 6 heteroatoms. The zero-order valence-electron chi connectivity index (χ0n) is 16.0. The van der Waals surface area contributed by atoms with E-state index in [1.165, 1.54) is 0 Å². The van der Waals surface area contributed by atoms with Crippen LogP contribution in [0.1, 0.15) is 45.4 Å². The van der Waals surface area contributed by atoms with Crippen LogP contribution in [0.4, 0.5) is 4.79 Å². The number of hydrogen-bond donors (Lipinski definition) is 1. The third kappa shape index (κ3) is 3.81. The van der Waals surface area contributed by atoms with Crippen molar-refractivity contribution in [2.45, 2.75) is 57.8 Å².